The van der Waals surface area contributed by atoms with Gasteiger partial charge in [0.15, 0.2) is 0 Å². The van der Waals surface area contributed by atoms with Gasteiger partial charge in [0, 0.05) is 0 Å². The van der Waals surface area contributed by atoms with Crippen LogP contribution in [0, 0.1) is 5.41 Å². The molecule has 0 saturated heterocycles. The molecule has 0 radical (unpaired) electrons. The Morgan fingerprint density at radius 1 is 1.18 bits per heavy atom. The maximum Gasteiger partial charge on any atom is 0.114 e. The molecule has 0 spiro atoms. The fourth-order valence-electron chi connectivity index (χ4n) is 0.523. The molecule has 0 aliphatic heterocycles. The van der Waals surface area contributed by atoms with Gasteiger partial charge in [-0.05, 0) is 10.3 Å². The maximum absolute atomic E-state index is 4.11. The van der Waals surface area contributed by atoms with Crippen molar-refractivity contribution in [2.24, 2.45) is 5.41 Å². The van der Waals surface area contributed by atoms with Crippen LogP contribution in [0.15, 0.2) is 11.5 Å². The first-order chi connectivity index (χ1) is 4.63. The Kier molecular flexibility index (Phi) is 3.45. The van der Waals surface area contributed by atoms with E-state index in [1.54, 1.807) is 0 Å². The molecule has 0 aromatic heterocycles. The highest BCUT2D eigenvalue weighted by Crippen LogP contribution is 2.38. The summed E-state index contributed by atoms with van der Waals surface area (Å²) in [6.07, 6.45) is 0. The molecule has 0 atom stereocenters. The molecule has 66 valence electrons. The summed E-state index contributed by atoms with van der Waals surface area (Å²) in [6, 6.07) is 0. The van der Waals surface area contributed by atoms with Crippen LogP contribution in [0.3, 0.4) is 0 Å². The van der Waals surface area contributed by atoms with Gasteiger partial charge in [-0.2, -0.15) is 11.2 Å². The van der Waals surface area contributed by atoms with Gasteiger partial charge in [-0.3, -0.25) is 0 Å². The van der Waals surface area contributed by atoms with Gasteiger partial charge < -0.3 is 0 Å². The van der Waals surface area contributed by atoms with Gasteiger partial charge in [0.05, 0.1) is 0 Å². The molecular formula is C9H20SSi. The number of allylic oxidation sites excluding steroid dienone is 1. The van der Waals surface area contributed by atoms with Gasteiger partial charge in [0.2, 0.25) is 0 Å². The standard InChI is InChI=1S/C9H20SSi/c1-8(9(2,3)4)10-11(5,6)7/h1H2,2-7H3. The van der Waals surface area contributed by atoms with Crippen LogP contribution in [0.5, 0.6) is 0 Å². The van der Waals surface area contributed by atoms with Gasteiger partial charge in [-0.1, -0.05) is 47.0 Å². The second-order valence-corrected chi connectivity index (χ2v) is 14.1. The topological polar surface area (TPSA) is 0 Å². The van der Waals surface area contributed by atoms with E-state index >= 15 is 0 Å². The molecule has 0 heterocycles. The molecule has 0 aliphatic rings. The van der Waals surface area contributed by atoms with E-state index in [1.165, 1.54) is 4.91 Å². The minimum Gasteiger partial charge on any atom is -0.156 e. The highest BCUT2D eigenvalue weighted by atomic mass is 32.4. The van der Waals surface area contributed by atoms with Crippen molar-refractivity contribution in [3.63, 3.8) is 0 Å². The SMILES string of the molecule is C=C(S[Si](C)(C)C)C(C)(C)C. The van der Waals surface area contributed by atoms with Crippen molar-refractivity contribution >= 4 is 18.4 Å². The van der Waals surface area contributed by atoms with Crippen LogP contribution in [0.2, 0.25) is 19.6 Å². The average molecular weight is 188 g/mol. The third-order valence-electron chi connectivity index (χ3n) is 1.27. The van der Waals surface area contributed by atoms with Crippen LogP contribution in [0.1, 0.15) is 20.8 Å². The quantitative estimate of drug-likeness (QED) is 0.588. The Hall–Kier alpha value is 0.307. The zero-order valence-corrected chi connectivity index (χ0v) is 10.4. The van der Waals surface area contributed by atoms with E-state index in [4.69, 9.17) is 0 Å². The fourth-order valence-corrected chi connectivity index (χ4v) is 4.70. The Morgan fingerprint density at radius 3 is 1.64 bits per heavy atom. The van der Waals surface area contributed by atoms with Gasteiger partial charge in [0.25, 0.3) is 0 Å². The summed E-state index contributed by atoms with van der Waals surface area (Å²) in [4.78, 5) is 1.33. The van der Waals surface area contributed by atoms with Gasteiger partial charge in [0.1, 0.15) is 7.22 Å². The molecule has 0 saturated carbocycles. The van der Waals surface area contributed by atoms with Crippen LogP contribution >= 0.6 is 11.2 Å². The first kappa shape index (κ1) is 11.3. The molecule has 0 fully saturated rings. The zero-order valence-electron chi connectivity index (χ0n) is 8.62. The maximum atomic E-state index is 4.11. The molecule has 0 amide bonds. The summed E-state index contributed by atoms with van der Waals surface area (Å²) in [5.41, 5.74) is 0.269. The normalized spacial score (nSPS) is 13.3. The number of hydrogen-bond acceptors (Lipinski definition) is 1. The summed E-state index contributed by atoms with van der Waals surface area (Å²) in [5.74, 6) is 0. The van der Waals surface area contributed by atoms with Crippen molar-refractivity contribution in [2.75, 3.05) is 0 Å². The largest absolute Gasteiger partial charge is 0.156 e. The summed E-state index contributed by atoms with van der Waals surface area (Å²) in [7, 11) is -1.01. The summed E-state index contributed by atoms with van der Waals surface area (Å²) >= 11 is 2.01. The molecule has 0 N–H and O–H groups in total. The molecule has 0 aromatic rings. The van der Waals surface area contributed by atoms with Crippen molar-refractivity contribution in [3.8, 4) is 0 Å². The Bertz CT molecular complexity index is 148. The van der Waals surface area contributed by atoms with Gasteiger partial charge >= 0.3 is 0 Å². The van der Waals surface area contributed by atoms with E-state index < -0.39 is 7.22 Å². The predicted octanol–water partition coefficient (Wildman–Crippen LogP) is 4.11. The van der Waals surface area contributed by atoms with E-state index in [1.807, 2.05) is 11.2 Å². The fraction of sp³-hybridized carbons (Fsp3) is 0.778. The van der Waals surface area contributed by atoms with Crippen molar-refractivity contribution in [1.29, 1.82) is 0 Å². The molecule has 2 heteroatoms. The van der Waals surface area contributed by atoms with Crippen molar-refractivity contribution in [1.82, 2.24) is 0 Å². The third-order valence-corrected chi connectivity index (χ3v) is 5.31. The smallest absolute Gasteiger partial charge is 0.114 e. The lowest BCUT2D eigenvalue weighted by atomic mass is 9.97. The Labute approximate surface area is 76.1 Å². The van der Waals surface area contributed by atoms with Gasteiger partial charge in [-0.25, -0.2) is 0 Å². The Morgan fingerprint density at radius 2 is 1.55 bits per heavy atom. The number of rotatable bonds is 2. The van der Waals surface area contributed by atoms with Gasteiger partial charge in [-0.15, -0.1) is 0 Å². The van der Waals surface area contributed by atoms with E-state index in [0.717, 1.165) is 0 Å². The van der Waals surface area contributed by atoms with Crippen LogP contribution in [-0.2, 0) is 0 Å². The van der Waals surface area contributed by atoms with E-state index in [2.05, 4.69) is 47.0 Å². The molecule has 11 heavy (non-hydrogen) atoms. The minimum absolute atomic E-state index is 0.269. The number of hydrogen-bond donors (Lipinski definition) is 0. The lowest BCUT2D eigenvalue weighted by molar-refractivity contribution is 0.535. The Balaban J connectivity index is 4.11. The van der Waals surface area contributed by atoms with Crippen LogP contribution in [0.25, 0.3) is 0 Å². The summed E-state index contributed by atoms with van der Waals surface area (Å²) in [6.45, 7) is 17.9. The predicted molar refractivity (Wildman–Crippen MR) is 59.5 cm³/mol. The molecule has 0 rings (SSSR count). The zero-order chi connectivity index (χ0) is 9.28. The monoisotopic (exact) mass is 188 g/mol. The lowest BCUT2D eigenvalue weighted by Crippen LogP contribution is -2.18. The van der Waals surface area contributed by atoms with E-state index in [-0.39, 0.29) is 5.41 Å². The van der Waals surface area contributed by atoms with E-state index in [0.29, 0.717) is 0 Å². The van der Waals surface area contributed by atoms with Crippen LogP contribution < -0.4 is 0 Å². The van der Waals surface area contributed by atoms with Crippen LogP contribution in [-0.4, -0.2) is 7.22 Å². The van der Waals surface area contributed by atoms with E-state index in [9.17, 15) is 0 Å². The van der Waals surface area contributed by atoms with Crippen molar-refractivity contribution < 1.29 is 0 Å². The minimum atomic E-state index is -1.01. The average Bonchev–Trinajstić information content (AvgIpc) is 1.56. The van der Waals surface area contributed by atoms with Crippen LogP contribution in [0.4, 0.5) is 0 Å². The molecule has 0 unspecified atom stereocenters. The van der Waals surface area contributed by atoms with Crippen molar-refractivity contribution in [3.05, 3.63) is 11.5 Å². The molecule has 0 nitrogen and oxygen atoms in total. The molecule has 0 bridgehead atoms. The second kappa shape index (κ2) is 3.36. The summed E-state index contributed by atoms with van der Waals surface area (Å²) in [5, 5.41) is 0. The highest BCUT2D eigenvalue weighted by Gasteiger charge is 2.22. The first-order valence-electron chi connectivity index (χ1n) is 4.01. The lowest BCUT2D eigenvalue weighted by Gasteiger charge is -2.26. The van der Waals surface area contributed by atoms with Crippen molar-refractivity contribution in [2.45, 2.75) is 40.4 Å². The second-order valence-electron chi connectivity index (χ2n) is 4.89. The first-order valence-corrected chi connectivity index (χ1v) is 9.05. The molecular weight excluding hydrogens is 168 g/mol. The third kappa shape index (κ3) is 5.56. The summed E-state index contributed by atoms with van der Waals surface area (Å²) < 4.78 is 0. The molecule has 0 aromatic carbocycles. The highest BCUT2D eigenvalue weighted by molar-refractivity contribution is 8.31. The molecule has 0 aliphatic carbocycles.